The summed E-state index contributed by atoms with van der Waals surface area (Å²) in [4.78, 5) is 0. The second-order valence-corrected chi connectivity index (χ2v) is 6.68. The van der Waals surface area contributed by atoms with E-state index in [9.17, 15) is 0 Å². The summed E-state index contributed by atoms with van der Waals surface area (Å²) < 4.78 is 9.04. The second kappa shape index (κ2) is 6.01. The fourth-order valence-electron chi connectivity index (χ4n) is 3.04. The van der Waals surface area contributed by atoms with Crippen LogP contribution in [0, 0.1) is 3.70 Å². The number of aromatic nitrogens is 2. The van der Waals surface area contributed by atoms with Crippen LogP contribution in [0.3, 0.4) is 0 Å². The Morgan fingerprint density at radius 1 is 1.05 bits per heavy atom. The van der Waals surface area contributed by atoms with E-state index >= 15 is 0 Å². The van der Waals surface area contributed by atoms with Crippen LogP contribution in [0.4, 0.5) is 0 Å². The monoisotopic (exact) mass is 404 g/mol. The van der Waals surface area contributed by atoms with Crippen molar-refractivity contribution in [3.63, 3.8) is 0 Å². The van der Waals surface area contributed by atoms with E-state index in [-0.39, 0.29) is 6.23 Å². The van der Waals surface area contributed by atoms with Crippen LogP contribution in [0.1, 0.15) is 25.5 Å². The third-order valence-corrected chi connectivity index (χ3v) is 4.99. The molecule has 0 bridgehead atoms. The first-order valence-corrected chi connectivity index (χ1v) is 8.75. The zero-order valence-corrected chi connectivity index (χ0v) is 14.4. The number of ether oxygens (including phenoxy) is 1. The van der Waals surface area contributed by atoms with Crippen molar-refractivity contribution >= 4 is 33.5 Å². The molecule has 3 aromatic rings. The number of fused-ring (bicyclic) bond motifs is 1. The molecule has 1 fully saturated rings. The molecule has 1 saturated heterocycles. The predicted molar refractivity (Wildman–Crippen MR) is 96.7 cm³/mol. The Kier molecular flexibility index (Phi) is 3.88. The maximum absolute atomic E-state index is 5.93. The Bertz CT molecular complexity index is 791. The summed E-state index contributed by atoms with van der Waals surface area (Å²) in [6.07, 6.45) is 3.48. The van der Waals surface area contributed by atoms with Crippen LogP contribution < -0.4 is 0 Å². The van der Waals surface area contributed by atoms with Crippen molar-refractivity contribution in [3.05, 3.63) is 52.2 Å². The van der Waals surface area contributed by atoms with Crippen LogP contribution >= 0.6 is 22.6 Å². The summed E-state index contributed by atoms with van der Waals surface area (Å²) in [7, 11) is 0. The Labute approximate surface area is 143 Å². The highest BCUT2D eigenvalue weighted by Crippen LogP contribution is 2.31. The molecule has 1 aliphatic heterocycles. The van der Waals surface area contributed by atoms with Gasteiger partial charge in [-0.3, -0.25) is 0 Å². The number of hydrogen-bond donors (Lipinski definition) is 0. The molecule has 1 aromatic heterocycles. The van der Waals surface area contributed by atoms with Crippen LogP contribution in [0.25, 0.3) is 22.0 Å². The van der Waals surface area contributed by atoms with Crippen LogP contribution in [-0.2, 0) is 4.74 Å². The number of halogens is 1. The normalized spacial score (nSPS) is 18.7. The minimum absolute atomic E-state index is 0.0748. The SMILES string of the molecule is Ic1nn(C2CCCCO2)c2cc(-c3ccccc3)ccc12. The molecular weight excluding hydrogens is 387 g/mol. The molecular formula is C18H17IN2O. The molecule has 2 aromatic carbocycles. The summed E-state index contributed by atoms with van der Waals surface area (Å²) in [5.74, 6) is 0. The Morgan fingerprint density at radius 3 is 2.68 bits per heavy atom. The maximum atomic E-state index is 5.93. The largest absolute Gasteiger partial charge is 0.356 e. The highest BCUT2D eigenvalue weighted by Gasteiger charge is 2.20. The van der Waals surface area contributed by atoms with Crippen LogP contribution in [0.5, 0.6) is 0 Å². The molecule has 1 aliphatic rings. The van der Waals surface area contributed by atoms with E-state index in [4.69, 9.17) is 9.84 Å². The molecule has 0 saturated carbocycles. The molecule has 1 unspecified atom stereocenters. The summed E-state index contributed by atoms with van der Waals surface area (Å²) in [5, 5.41) is 5.93. The van der Waals surface area contributed by atoms with Crippen molar-refractivity contribution in [2.45, 2.75) is 25.5 Å². The Balaban J connectivity index is 1.83. The zero-order chi connectivity index (χ0) is 14.9. The van der Waals surface area contributed by atoms with Gasteiger partial charge >= 0.3 is 0 Å². The van der Waals surface area contributed by atoms with Crippen molar-refractivity contribution in [3.8, 4) is 11.1 Å². The van der Waals surface area contributed by atoms with Crippen LogP contribution in [-0.4, -0.2) is 16.4 Å². The highest BCUT2D eigenvalue weighted by atomic mass is 127. The Morgan fingerprint density at radius 2 is 1.91 bits per heavy atom. The maximum Gasteiger partial charge on any atom is 0.150 e. The summed E-state index contributed by atoms with van der Waals surface area (Å²) >= 11 is 2.31. The Hall–Kier alpha value is -1.40. The average molecular weight is 404 g/mol. The van der Waals surface area contributed by atoms with Crippen molar-refractivity contribution in [1.82, 2.24) is 9.78 Å². The molecule has 0 aliphatic carbocycles. The molecule has 0 spiro atoms. The lowest BCUT2D eigenvalue weighted by molar-refractivity contribution is -0.0368. The molecule has 3 nitrogen and oxygen atoms in total. The van der Waals surface area contributed by atoms with Gasteiger partial charge in [0.05, 0.1) is 5.52 Å². The van der Waals surface area contributed by atoms with Gasteiger partial charge in [-0.25, -0.2) is 4.68 Å². The van der Waals surface area contributed by atoms with Crippen LogP contribution in [0.15, 0.2) is 48.5 Å². The van der Waals surface area contributed by atoms with Crippen molar-refractivity contribution in [2.24, 2.45) is 0 Å². The number of hydrogen-bond acceptors (Lipinski definition) is 2. The van der Waals surface area contributed by atoms with E-state index in [1.807, 2.05) is 6.07 Å². The minimum atomic E-state index is 0.0748. The van der Waals surface area contributed by atoms with Crippen LogP contribution in [0.2, 0.25) is 0 Å². The first-order valence-electron chi connectivity index (χ1n) is 7.68. The molecule has 2 heterocycles. The van der Waals surface area contributed by atoms with E-state index < -0.39 is 0 Å². The van der Waals surface area contributed by atoms with Gasteiger partial charge in [0.2, 0.25) is 0 Å². The van der Waals surface area contributed by atoms with Gasteiger partial charge in [-0.05, 0) is 65.1 Å². The lowest BCUT2D eigenvalue weighted by atomic mass is 10.0. The van der Waals surface area contributed by atoms with Gasteiger partial charge < -0.3 is 4.74 Å². The van der Waals surface area contributed by atoms with Gasteiger partial charge in [0, 0.05) is 12.0 Å². The smallest absolute Gasteiger partial charge is 0.150 e. The quantitative estimate of drug-likeness (QED) is 0.562. The second-order valence-electron chi connectivity index (χ2n) is 5.65. The van der Waals surface area contributed by atoms with E-state index in [2.05, 4.69) is 69.7 Å². The predicted octanol–water partition coefficient (Wildman–Crippen LogP) is 5.01. The summed E-state index contributed by atoms with van der Waals surface area (Å²) in [5.41, 5.74) is 3.62. The zero-order valence-electron chi connectivity index (χ0n) is 12.2. The lowest BCUT2D eigenvalue weighted by Gasteiger charge is -2.23. The molecule has 4 heteroatoms. The topological polar surface area (TPSA) is 27.1 Å². The third-order valence-electron chi connectivity index (χ3n) is 4.20. The van der Waals surface area contributed by atoms with Crippen molar-refractivity contribution < 1.29 is 4.74 Å². The van der Waals surface area contributed by atoms with Gasteiger partial charge in [0.25, 0.3) is 0 Å². The fraction of sp³-hybridized carbons (Fsp3) is 0.278. The first-order chi connectivity index (χ1) is 10.8. The lowest BCUT2D eigenvalue weighted by Crippen LogP contribution is -2.19. The molecule has 1 atom stereocenters. The third kappa shape index (κ3) is 2.54. The molecule has 0 amide bonds. The van der Waals surface area contributed by atoms with E-state index in [0.717, 1.165) is 28.7 Å². The van der Waals surface area contributed by atoms with E-state index in [1.165, 1.54) is 22.9 Å². The molecule has 0 radical (unpaired) electrons. The molecule has 4 rings (SSSR count). The minimum Gasteiger partial charge on any atom is -0.356 e. The van der Waals surface area contributed by atoms with Crippen molar-refractivity contribution in [1.29, 1.82) is 0 Å². The molecule has 112 valence electrons. The number of nitrogens with zero attached hydrogens (tertiary/aromatic N) is 2. The van der Waals surface area contributed by atoms with Gasteiger partial charge in [-0.1, -0.05) is 36.4 Å². The first kappa shape index (κ1) is 14.2. The summed E-state index contributed by atoms with van der Waals surface area (Å²) in [6, 6.07) is 17.1. The fourth-order valence-corrected chi connectivity index (χ4v) is 3.73. The van der Waals surface area contributed by atoms with Crippen molar-refractivity contribution in [2.75, 3.05) is 6.61 Å². The van der Waals surface area contributed by atoms with Gasteiger partial charge in [0.1, 0.15) is 3.70 Å². The highest BCUT2D eigenvalue weighted by molar-refractivity contribution is 14.1. The number of rotatable bonds is 2. The van der Waals surface area contributed by atoms with Gasteiger partial charge in [0.15, 0.2) is 6.23 Å². The molecule has 22 heavy (non-hydrogen) atoms. The standard InChI is InChI=1S/C18H17IN2O/c19-18-15-10-9-14(13-6-2-1-3-7-13)12-16(15)21(20-18)17-8-4-5-11-22-17/h1-3,6-7,9-10,12,17H,4-5,8,11H2. The average Bonchev–Trinajstić information content (AvgIpc) is 2.93. The van der Waals surface area contributed by atoms with E-state index in [1.54, 1.807) is 0 Å². The van der Waals surface area contributed by atoms with Gasteiger partial charge in [-0.2, -0.15) is 5.10 Å². The molecule has 0 N–H and O–H groups in total. The summed E-state index contributed by atoms with van der Waals surface area (Å²) in [6.45, 7) is 0.834. The van der Waals surface area contributed by atoms with Gasteiger partial charge in [-0.15, -0.1) is 0 Å². The van der Waals surface area contributed by atoms with E-state index in [0.29, 0.717) is 0 Å². The number of benzene rings is 2.